The highest BCUT2D eigenvalue weighted by atomic mass is 35.5. The van der Waals surface area contributed by atoms with E-state index < -0.39 is 0 Å². The third-order valence-corrected chi connectivity index (χ3v) is 5.46. The summed E-state index contributed by atoms with van der Waals surface area (Å²) in [4.78, 5) is 13.4. The van der Waals surface area contributed by atoms with Crippen molar-refractivity contribution < 1.29 is 9.53 Å². The molecule has 2 rings (SSSR count). The monoisotopic (exact) mass is 377 g/mol. The molecule has 1 atom stereocenters. The highest BCUT2D eigenvalue weighted by Crippen LogP contribution is 2.26. The van der Waals surface area contributed by atoms with Gasteiger partial charge in [0.15, 0.2) is 0 Å². The van der Waals surface area contributed by atoms with E-state index in [1.165, 1.54) is 5.56 Å². The minimum Gasteiger partial charge on any atom is -0.497 e. The zero-order valence-corrected chi connectivity index (χ0v) is 16.2. The molecular weight excluding hydrogens is 354 g/mol. The van der Waals surface area contributed by atoms with E-state index in [0.717, 1.165) is 29.9 Å². The highest BCUT2D eigenvalue weighted by Gasteiger charge is 2.17. The fraction of sp³-hybridized carbons (Fsp3) is 0.350. The minimum atomic E-state index is -0.0852. The first-order valence-electron chi connectivity index (χ1n) is 8.45. The molecule has 0 fully saturated rings. The van der Waals surface area contributed by atoms with Gasteiger partial charge in [-0.2, -0.15) is 0 Å². The van der Waals surface area contributed by atoms with Gasteiger partial charge in [-0.05, 0) is 61.2 Å². The average molecular weight is 378 g/mol. The number of halogens is 1. The van der Waals surface area contributed by atoms with E-state index in [1.54, 1.807) is 18.9 Å². The number of carbonyl (C=O) groups excluding carboxylic acids is 1. The van der Waals surface area contributed by atoms with Crippen molar-refractivity contribution in [2.24, 2.45) is 0 Å². The molecule has 1 N–H and O–H groups in total. The highest BCUT2D eigenvalue weighted by molar-refractivity contribution is 8.00. The third kappa shape index (κ3) is 6.63. The van der Waals surface area contributed by atoms with Gasteiger partial charge in [-0.15, -0.1) is 11.8 Å². The molecule has 5 heteroatoms. The number of amides is 1. The van der Waals surface area contributed by atoms with Crippen LogP contribution in [0.25, 0.3) is 0 Å². The zero-order valence-electron chi connectivity index (χ0n) is 14.6. The van der Waals surface area contributed by atoms with E-state index in [1.807, 2.05) is 49.4 Å². The summed E-state index contributed by atoms with van der Waals surface area (Å²) >= 11 is 7.48. The predicted octanol–water partition coefficient (Wildman–Crippen LogP) is 4.97. The second kappa shape index (κ2) is 10.4. The number of thioether (sulfide) groups is 1. The fourth-order valence-corrected chi connectivity index (χ4v) is 3.55. The van der Waals surface area contributed by atoms with E-state index in [9.17, 15) is 4.79 Å². The van der Waals surface area contributed by atoms with Crippen LogP contribution in [-0.2, 0) is 11.2 Å². The van der Waals surface area contributed by atoms with E-state index in [-0.39, 0.29) is 11.2 Å². The molecule has 0 aliphatic heterocycles. The van der Waals surface area contributed by atoms with E-state index in [4.69, 9.17) is 16.3 Å². The van der Waals surface area contributed by atoms with Crippen molar-refractivity contribution in [3.05, 3.63) is 59.1 Å². The Morgan fingerprint density at radius 1 is 1.24 bits per heavy atom. The minimum absolute atomic E-state index is 0.0852. The summed E-state index contributed by atoms with van der Waals surface area (Å²) < 4.78 is 5.23. The van der Waals surface area contributed by atoms with Gasteiger partial charge in [-0.25, -0.2) is 0 Å². The summed E-state index contributed by atoms with van der Waals surface area (Å²) in [5.41, 5.74) is 1.22. The quantitative estimate of drug-likeness (QED) is 0.495. The number of ether oxygens (including phenoxy) is 1. The molecule has 0 heterocycles. The van der Waals surface area contributed by atoms with E-state index in [2.05, 4.69) is 11.4 Å². The second-order valence-electron chi connectivity index (χ2n) is 5.71. The molecule has 0 spiro atoms. The second-order valence-corrected chi connectivity index (χ2v) is 7.43. The Balaban J connectivity index is 1.76. The first-order valence-corrected chi connectivity index (χ1v) is 9.71. The van der Waals surface area contributed by atoms with Crippen molar-refractivity contribution in [1.82, 2.24) is 5.32 Å². The van der Waals surface area contributed by atoms with Crippen molar-refractivity contribution in [1.29, 1.82) is 0 Å². The molecule has 134 valence electrons. The molecule has 0 aliphatic rings. The molecule has 1 amide bonds. The lowest BCUT2D eigenvalue weighted by molar-refractivity contribution is -0.120. The molecular formula is C20H24ClNO2S. The number of aryl methyl sites for hydroxylation is 1. The Bertz CT molecular complexity index is 676. The number of methoxy groups -OCH3 is 1. The largest absolute Gasteiger partial charge is 0.497 e. The smallest absolute Gasteiger partial charge is 0.233 e. The molecule has 2 aromatic carbocycles. The molecule has 3 nitrogen and oxygen atoms in total. The molecule has 0 saturated carbocycles. The summed E-state index contributed by atoms with van der Waals surface area (Å²) in [5.74, 6) is 0.958. The summed E-state index contributed by atoms with van der Waals surface area (Å²) in [7, 11) is 1.67. The summed E-state index contributed by atoms with van der Waals surface area (Å²) in [6.45, 7) is 2.71. The number of rotatable bonds is 9. The summed E-state index contributed by atoms with van der Waals surface area (Å²) in [5, 5.41) is 3.67. The first kappa shape index (κ1) is 19.7. The Kier molecular flexibility index (Phi) is 8.16. The van der Waals surface area contributed by atoms with Gasteiger partial charge in [0.25, 0.3) is 0 Å². The molecule has 25 heavy (non-hydrogen) atoms. The molecule has 0 aliphatic carbocycles. The standard InChI is InChI=1S/C20H24ClNO2S/c1-3-19(25-18-11-9-16(21)10-12-18)20(23)22-13-5-7-15-6-4-8-17(14-15)24-2/h4,6,8-12,14,19H,3,5,7,13H2,1-2H3,(H,22,23)/t19-/m0/s1. The lowest BCUT2D eigenvalue weighted by atomic mass is 10.1. The van der Waals surface area contributed by atoms with Gasteiger partial charge in [0.1, 0.15) is 5.75 Å². The van der Waals surface area contributed by atoms with Crippen molar-refractivity contribution in [3.63, 3.8) is 0 Å². The topological polar surface area (TPSA) is 38.3 Å². The maximum Gasteiger partial charge on any atom is 0.233 e. The Hall–Kier alpha value is -1.65. The van der Waals surface area contributed by atoms with Crippen LogP contribution in [0.1, 0.15) is 25.3 Å². The normalized spacial score (nSPS) is 11.8. The van der Waals surface area contributed by atoms with Crippen molar-refractivity contribution in [3.8, 4) is 5.75 Å². The molecule has 2 aromatic rings. The SMILES string of the molecule is CC[C@H](Sc1ccc(Cl)cc1)C(=O)NCCCc1cccc(OC)c1. The molecule has 0 aromatic heterocycles. The predicted molar refractivity (Wildman–Crippen MR) is 106 cm³/mol. The van der Waals surface area contributed by atoms with Crippen molar-refractivity contribution >= 4 is 29.3 Å². The van der Waals surface area contributed by atoms with Crippen LogP contribution in [0.15, 0.2) is 53.4 Å². The number of hydrogen-bond acceptors (Lipinski definition) is 3. The summed E-state index contributed by atoms with van der Waals surface area (Å²) in [6, 6.07) is 15.6. The van der Waals surface area contributed by atoms with Crippen LogP contribution in [0, 0.1) is 0 Å². The van der Waals surface area contributed by atoms with Crippen LogP contribution in [-0.4, -0.2) is 24.8 Å². The Morgan fingerprint density at radius 3 is 2.68 bits per heavy atom. The lowest BCUT2D eigenvalue weighted by Gasteiger charge is -2.15. The average Bonchev–Trinajstić information content (AvgIpc) is 2.64. The molecule has 0 unspecified atom stereocenters. The van der Waals surface area contributed by atoms with Crippen LogP contribution in [0.2, 0.25) is 5.02 Å². The molecule has 0 saturated heterocycles. The van der Waals surface area contributed by atoms with Crippen LogP contribution in [0.5, 0.6) is 5.75 Å². The van der Waals surface area contributed by atoms with E-state index in [0.29, 0.717) is 11.6 Å². The van der Waals surface area contributed by atoms with Crippen LogP contribution in [0.3, 0.4) is 0 Å². The number of benzene rings is 2. The van der Waals surface area contributed by atoms with Crippen LogP contribution < -0.4 is 10.1 Å². The van der Waals surface area contributed by atoms with Crippen molar-refractivity contribution in [2.45, 2.75) is 36.3 Å². The van der Waals surface area contributed by atoms with Gasteiger partial charge in [-0.1, -0.05) is 30.7 Å². The van der Waals surface area contributed by atoms with Gasteiger partial charge < -0.3 is 10.1 Å². The maximum absolute atomic E-state index is 12.4. The summed E-state index contributed by atoms with van der Waals surface area (Å²) in [6.07, 6.45) is 2.61. The first-order chi connectivity index (χ1) is 12.1. The molecule has 0 radical (unpaired) electrons. The van der Waals surface area contributed by atoms with Crippen LogP contribution >= 0.6 is 23.4 Å². The van der Waals surface area contributed by atoms with Gasteiger partial charge in [0, 0.05) is 16.5 Å². The Morgan fingerprint density at radius 2 is 2.00 bits per heavy atom. The van der Waals surface area contributed by atoms with Gasteiger partial charge in [0.05, 0.1) is 12.4 Å². The van der Waals surface area contributed by atoms with Gasteiger partial charge in [0.2, 0.25) is 5.91 Å². The fourth-order valence-electron chi connectivity index (χ4n) is 2.45. The third-order valence-electron chi connectivity index (χ3n) is 3.83. The maximum atomic E-state index is 12.4. The van der Waals surface area contributed by atoms with Gasteiger partial charge >= 0.3 is 0 Å². The zero-order chi connectivity index (χ0) is 18.1. The lowest BCUT2D eigenvalue weighted by Crippen LogP contribution is -2.33. The number of nitrogens with one attached hydrogen (secondary N) is 1. The number of hydrogen-bond donors (Lipinski definition) is 1. The van der Waals surface area contributed by atoms with E-state index >= 15 is 0 Å². The Labute approximate surface area is 159 Å². The number of carbonyl (C=O) groups is 1. The van der Waals surface area contributed by atoms with Gasteiger partial charge in [-0.3, -0.25) is 4.79 Å². The van der Waals surface area contributed by atoms with Crippen LogP contribution in [0.4, 0.5) is 0 Å². The van der Waals surface area contributed by atoms with Crippen molar-refractivity contribution in [2.75, 3.05) is 13.7 Å². The molecule has 0 bridgehead atoms.